The van der Waals surface area contributed by atoms with Crippen molar-refractivity contribution in [1.29, 1.82) is 0 Å². The van der Waals surface area contributed by atoms with E-state index in [1.807, 2.05) is 26.0 Å². The van der Waals surface area contributed by atoms with Gasteiger partial charge < -0.3 is 0 Å². The normalized spacial score (nSPS) is 10.7. The third kappa shape index (κ3) is 3.74. The minimum Gasteiger partial charge on any atom is -0.291 e. The van der Waals surface area contributed by atoms with Gasteiger partial charge in [0.1, 0.15) is 11.5 Å². The van der Waals surface area contributed by atoms with Crippen molar-refractivity contribution in [2.75, 3.05) is 11.9 Å². The minimum absolute atomic E-state index is 0.0366. The van der Waals surface area contributed by atoms with Crippen molar-refractivity contribution in [1.82, 2.24) is 9.97 Å². The molecule has 1 aromatic carbocycles. The Bertz CT molecular complexity index is 886. The Balaban J connectivity index is 1.73. The number of benzene rings is 1. The fraction of sp³-hybridized carbons (Fsp3) is 0.211. The molecule has 2 aromatic heterocycles. The maximum Gasteiger partial charge on any atom is 0.232 e. The number of carbonyl (C=O) groups is 1. The number of anilines is 1. The smallest absolute Gasteiger partial charge is 0.232 e. The van der Waals surface area contributed by atoms with Crippen LogP contribution in [0.15, 0.2) is 42.6 Å². The topological polar surface area (TPSA) is 46.1 Å². The second kappa shape index (κ2) is 7.11. The predicted octanol–water partition coefficient (Wildman–Crippen LogP) is 4.17. The van der Waals surface area contributed by atoms with Crippen LogP contribution >= 0.6 is 11.3 Å². The number of pyridine rings is 1. The molecule has 0 aliphatic carbocycles. The standard InChI is InChI=1S/C19H18FN3OS/c1-12-13(2)25-19(22-12)23(3)17(24)11-14-6-8-15(9-7-14)18-16(20)5-4-10-21-18/h4-10H,11H2,1-3H3. The minimum atomic E-state index is -0.361. The zero-order chi connectivity index (χ0) is 18.0. The molecule has 4 nitrogen and oxygen atoms in total. The summed E-state index contributed by atoms with van der Waals surface area (Å²) in [6, 6.07) is 10.2. The Morgan fingerprint density at radius 2 is 1.92 bits per heavy atom. The molecule has 0 unspecified atom stereocenters. The molecule has 0 bridgehead atoms. The fourth-order valence-electron chi connectivity index (χ4n) is 2.38. The van der Waals surface area contributed by atoms with Crippen LogP contribution in [0.1, 0.15) is 16.1 Å². The van der Waals surface area contributed by atoms with Crippen LogP contribution in [0.4, 0.5) is 9.52 Å². The average Bonchev–Trinajstić information content (AvgIpc) is 2.94. The van der Waals surface area contributed by atoms with E-state index in [0.717, 1.165) is 16.1 Å². The molecule has 2 heterocycles. The van der Waals surface area contributed by atoms with E-state index >= 15 is 0 Å². The summed E-state index contributed by atoms with van der Waals surface area (Å²) in [5.41, 5.74) is 2.81. The summed E-state index contributed by atoms with van der Waals surface area (Å²) in [6.07, 6.45) is 1.82. The molecule has 0 radical (unpaired) electrons. The number of amides is 1. The SMILES string of the molecule is Cc1nc(N(C)C(=O)Cc2ccc(-c3ncccc3F)cc2)sc1C. The number of rotatable bonds is 4. The number of hydrogen-bond donors (Lipinski definition) is 0. The average molecular weight is 355 g/mol. The maximum atomic E-state index is 13.8. The molecule has 0 N–H and O–H groups in total. The molecule has 0 aliphatic heterocycles. The molecular weight excluding hydrogens is 337 g/mol. The van der Waals surface area contributed by atoms with Crippen molar-refractivity contribution < 1.29 is 9.18 Å². The Kier molecular flexibility index (Phi) is 4.90. The quantitative estimate of drug-likeness (QED) is 0.706. The first-order valence-electron chi connectivity index (χ1n) is 7.86. The summed E-state index contributed by atoms with van der Waals surface area (Å²) < 4.78 is 13.8. The number of hydrogen-bond acceptors (Lipinski definition) is 4. The lowest BCUT2D eigenvalue weighted by atomic mass is 10.1. The molecule has 6 heteroatoms. The Labute approximate surface area is 150 Å². The molecule has 3 aromatic rings. The van der Waals surface area contributed by atoms with Gasteiger partial charge in [-0.05, 0) is 31.5 Å². The molecule has 1 amide bonds. The van der Waals surface area contributed by atoms with Crippen molar-refractivity contribution >= 4 is 22.4 Å². The molecule has 25 heavy (non-hydrogen) atoms. The van der Waals surface area contributed by atoms with Gasteiger partial charge in [0.2, 0.25) is 5.91 Å². The first-order chi connectivity index (χ1) is 12.0. The summed E-state index contributed by atoms with van der Waals surface area (Å²) >= 11 is 1.51. The molecule has 0 saturated heterocycles. The Hall–Kier alpha value is -2.60. The van der Waals surface area contributed by atoms with Crippen LogP contribution < -0.4 is 4.90 Å². The first-order valence-corrected chi connectivity index (χ1v) is 8.68. The van der Waals surface area contributed by atoms with Crippen LogP contribution in [0.25, 0.3) is 11.3 Å². The van der Waals surface area contributed by atoms with Gasteiger partial charge in [-0.2, -0.15) is 0 Å². The zero-order valence-corrected chi connectivity index (χ0v) is 15.1. The molecule has 0 saturated carbocycles. The van der Waals surface area contributed by atoms with Gasteiger partial charge in [-0.3, -0.25) is 14.7 Å². The van der Waals surface area contributed by atoms with E-state index < -0.39 is 0 Å². The van der Waals surface area contributed by atoms with Crippen molar-refractivity contribution in [3.8, 4) is 11.3 Å². The number of aryl methyl sites for hydroxylation is 2. The molecular formula is C19H18FN3OS. The third-order valence-corrected chi connectivity index (χ3v) is 5.17. The summed E-state index contributed by atoms with van der Waals surface area (Å²) in [4.78, 5) is 23.6. The lowest BCUT2D eigenvalue weighted by Crippen LogP contribution is -2.27. The summed E-state index contributed by atoms with van der Waals surface area (Å²) in [7, 11) is 1.73. The van der Waals surface area contributed by atoms with Gasteiger partial charge in [0.05, 0.1) is 12.1 Å². The van der Waals surface area contributed by atoms with Crippen LogP contribution in [-0.4, -0.2) is 22.9 Å². The van der Waals surface area contributed by atoms with Crippen LogP contribution in [-0.2, 0) is 11.2 Å². The number of halogens is 1. The van der Waals surface area contributed by atoms with Crippen LogP contribution in [0.5, 0.6) is 0 Å². The van der Waals surface area contributed by atoms with Crippen LogP contribution in [0.2, 0.25) is 0 Å². The van der Waals surface area contributed by atoms with E-state index in [4.69, 9.17) is 0 Å². The highest BCUT2D eigenvalue weighted by molar-refractivity contribution is 7.15. The molecule has 0 spiro atoms. The Morgan fingerprint density at radius 1 is 1.20 bits per heavy atom. The second-order valence-corrected chi connectivity index (χ2v) is 6.98. The number of likely N-dealkylation sites (N-methyl/N-ethyl adjacent to an activating group) is 1. The van der Waals surface area contributed by atoms with Crippen molar-refractivity contribution in [2.45, 2.75) is 20.3 Å². The third-order valence-electron chi connectivity index (χ3n) is 4.02. The lowest BCUT2D eigenvalue weighted by Gasteiger charge is -2.14. The summed E-state index contributed by atoms with van der Waals surface area (Å²) in [5, 5.41) is 0.701. The molecule has 0 fully saturated rings. The van der Waals surface area contributed by atoms with Crippen LogP contribution in [0, 0.1) is 19.7 Å². The number of carbonyl (C=O) groups excluding carboxylic acids is 1. The van der Waals surface area contributed by atoms with Crippen LogP contribution in [0.3, 0.4) is 0 Å². The highest BCUT2D eigenvalue weighted by Crippen LogP contribution is 2.25. The first kappa shape index (κ1) is 17.2. The summed E-state index contributed by atoms with van der Waals surface area (Å²) in [6.45, 7) is 3.92. The fourth-order valence-corrected chi connectivity index (χ4v) is 3.27. The maximum absolute atomic E-state index is 13.8. The van der Waals surface area contributed by atoms with E-state index in [1.165, 1.54) is 17.4 Å². The van der Waals surface area contributed by atoms with E-state index in [1.54, 1.807) is 36.3 Å². The van der Waals surface area contributed by atoms with Gasteiger partial charge in [-0.15, -0.1) is 11.3 Å². The predicted molar refractivity (Wildman–Crippen MR) is 98.3 cm³/mol. The van der Waals surface area contributed by atoms with E-state index in [9.17, 15) is 9.18 Å². The van der Waals surface area contributed by atoms with Gasteiger partial charge in [0.15, 0.2) is 5.13 Å². The van der Waals surface area contributed by atoms with Crippen molar-refractivity contribution in [2.24, 2.45) is 0 Å². The lowest BCUT2D eigenvalue weighted by molar-refractivity contribution is -0.117. The van der Waals surface area contributed by atoms with Gasteiger partial charge >= 0.3 is 0 Å². The Morgan fingerprint density at radius 3 is 2.52 bits per heavy atom. The molecule has 128 valence electrons. The molecule has 0 aliphatic rings. The van der Waals surface area contributed by atoms with Gasteiger partial charge in [0.25, 0.3) is 0 Å². The number of thiazole rings is 1. The molecule has 3 rings (SSSR count). The molecule has 0 atom stereocenters. The second-order valence-electron chi connectivity index (χ2n) is 5.80. The van der Waals surface area contributed by atoms with Crippen molar-refractivity contribution in [3.05, 3.63) is 64.5 Å². The highest BCUT2D eigenvalue weighted by Gasteiger charge is 2.16. The zero-order valence-electron chi connectivity index (χ0n) is 14.3. The van der Waals surface area contributed by atoms with E-state index in [-0.39, 0.29) is 18.1 Å². The monoisotopic (exact) mass is 355 g/mol. The van der Waals surface area contributed by atoms with Gasteiger partial charge in [-0.25, -0.2) is 9.37 Å². The van der Waals surface area contributed by atoms with Gasteiger partial charge in [-0.1, -0.05) is 24.3 Å². The van der Waals surface area contributed by atoms with Gasteiger partial charge in [0, 0.05) is 23.7 Å². The highest BCUT2D eigenvalue weighted by atomic mass is 32.1. The van der Waals surface area contributed by atoms with Crippen molar-refractivity contribution in [3.63, 3.8) is 0 Å². The number of aromatic nitrogens is 2. The summed E-state index contributed by atoms with van der Waals surface area (Å²) in [5.74, 6) is -0.397. The largest absolute Gasteiger partial charge is 0.291 e. The van der Waals surface area contributed by atoms with E-state index in [0.29, 0.717) is 16.4 Å². The number of nitrogens with zero attached hydrogens (tertiary/aromatic N) is 3. The van der Waals surface area contributed by atoms with E-state index in [2.05, 4.69) is 9.97 Å².